The summed E-state index contributed by atoms with van der Waals surface area (Å²) in [4.78, 5) is 77.8. The molecule has 1 aromatic carbocycles. The normalized spacial score (nSPS) is 16.0. The van der Waals surface area contributed by atoms with Crippen LogP contribution in [0.5, 0.6) is 5.75 Å². The van der Waals surface area contributed by atoms with Crippen molar-refractivity contribution in [2.75, 3.05) is 78.5 Å². The van der Waals surface area contributed by atoms with Gasteiger partial charge in [0.1, 0.15) is 6.04 Å². The molecule has 0 aromatic heterocycles. The largest absolute Gasteiger partial charge is 0.480 e. The van der Waals surface area contributed by atoms with Crippen LogP contribution in [0.1, 0.15) is 70.6 Å². The summed E-state index contributed by atoms with van der Waals surface area (Å²) in [5.41, 5.74) is 0. The molecule has 1 fully saturated rings. The maximum atomic E-state index is 13.7. The fraction of sp³-hybridized carbons (Fsp3) is 0.667. The first-order chi connectivity index (χ1) is 26.6. The Morgan fingerprint density at radius 1 is 0.607 bits per heavy atom. The third kappa shape index (κ3) is 19.0. The first-order valence-electron chi connectivity index (χ1n) is 18.7. The van der Waals surface area contributed by atoms with Crippen molar-refractivity contribution in [1.29, 1.82) is 0 Å². The number of benzene rings is 1. The minimum atomic E-state index is -1.78. The number of rotatable bonds is 23. The minimum Gasteiger partial charge on any atom is -0.480 e. The smallest absolute Gasteiger partial charge is 0.320 e. The number of carbonyl (C=O) groups is 6. The lowest BCUT2D eigenvalue weighted by molar-refractivity contribution is -0.145. The van der Waals surface area contributed by atoms with Crippen molar-refractivity contribution < 1.29 is 71.5 Å². The van der Waals surface area contributed by atoms with E-state index in [1.807, 2.05) is 0 Å². The highest BCUT2D eigenvalue weighted by Gasteiger charge is 2.29. The van der Waals surface area contributed by atoms with Crippen LogP contribution < -0.4 is 10.1 Å². The molecule has 316 valence electrons. The van der Waals surface area contributed by atoms with Crippen molar-refractivity contribution in [2.45, 2.75) is 76.7 Å². The molecule has 1 aliphatic rings. The number of unbranched alkanes of at least 4 members (excludes halogenated alkanes) is 7. The lowest BCUT2D eigenvalue weighted by Crippen LogP contribution is -2.52. The van der Waals surface area contributed by atoms with Gasteiger partial charge in [-0.05, 0) is 19.3 Å². The third-order valence-corrected chi connectivity index (χ3v) is 9.24. The second-order valence-corrected chi connectivity index (χ2v) is 13.6. The first kappa shape index (κ1) is 47.8. The molecule has 0 saturated carbocycles. The summed E-state index contributed by atoms with van der Waals surface area (Å²) < 4.78 is 58.4. The molecule has 1 heterocycles. The van der Waals surface area contributed by atoms with Crippen LogP contribution in [0.15, 0.2) is 6.07 Å². The molecule has 2 rings (SSSR count). The monoisotopic (exact) mass is 807 g/mol. The summed E-state index contributed by atoms with van der Waals surface area (Å²) in [6.45, 7) is 0.641. The maximum absolute atomic E-state index is 13.7. The van der Waals surface area contributed by atoms with E-state index in [-0.39, 0.29) is 103 Å². The third-order valence-electron chi connectivity index (χ3n) is 9.24. The number of carboxylic acid groups (broad SMARTS) is 4. The fourth-order valence-electron chi connectivity index (χ4n) is 6.22. The maximum Gasteiger partial charge on any atom is 0.320 e. The molecule has 1 unspecified atom stereocenters. The highest BCUT2D eigenvalue weighted by molar-refractivity contribution is 5.78. The Bertz CT molecular complexity index is 1420. The van der Waals surface area contributed by atoms with Gasteiger partial charge in [-0.1, -0.05) is 38.5 Å². The summed E-state index contributed by atoms with van der Waals surface area (Å²) in [5.74, 6) is -14.1. The Labute approximate surface area is 322 Å². The quantitative estimate of drug-likeness (QED) is 0.0353. The first-order valence-corrected chi connectivity index (χ1v) is 18.7. The SMILES string of the molecule is O=C(O)CN1CCN(CC(=O)O)CCN(C(CCC(=O)NCCCCCCCCCCC(=O)Oc2c(F)c(F)cc(F)c2F)C(=O)O)CCN(CC(=O)O)CC1. The molecular weight excluding hydrogens is 754 g/mol. The van der Waals surface area contributed by atoms with Crippen LogP contribution in [0.3, 0.4) is 0 Å². The van der Waals surface area contributed by atoms with Crippen molar-refractivity contribution in [1.82, 2.24) is 24.9 Å². The lowest BCUT2D eigenvalue weighted by atomic mass is 10.1. The number of hydrogen-bond donors (Lipinski definition) is 5. The van der Waals surface area contributed by atoms with Gasteiger partial charge in [-0.25, -0.2) is 8.78 Å². The van der Waals surface area contributed by atoms with Crippen molar-refractivity contribution >= 4 is 35.8 Å². The molecule has 16 nitrogen and oxygen atoms in total. The predicted molar refractivity (Wildman–Crippen MR) is 191 cm³/mol. The van der Waals surface area contributed by atoms with Crippen molar-refractivity contribution in [3.8, 4) is 5.75 Å². The zero-order valence-corrected chi connectivity index (χ0v) is 31.4. The standard InChI is InChI=1S/C36H53F4N5O11/c37-25-21-26(38)34(40)35(33(25)39)56-32(53)9-7-5-3-1-2-4-6-8-12-41-28(46)11-10-27(36(54)55)45-19-17-43(23-30(49)50)15-13-42(22-29(47)48)14-16-44(18-20-45)24-31(51)52/h21,27H,1-20,22-24H2,(H,41,46)(H,47,48)(H,49,50)(H,51,52)(H,54,55). The van der Waals surface area contributed by atoms with Gasteiger partial charge in [-0.2, -0.15) is 8.78 Å². The van der Waals surface area contributed by atoms with E-state index >= 15 is 0 Å². The predicted octanol–water partition coefficient (Wildman–Crippen LogP) is 2.48. The van der Waals surface area contributed by atoms with Gasteiger partial charge in [0.2, 0.25) is 23.3 Å². The molecule has 1 aliphatic heterocycles. The molecular formula is C36H53F4N5O11. The van der Waals surface area contributed by atoms with Crippen LogP contribution in [-0.2, 0) is 28.8 Å². The van der Waals surface area contributed by atoms with E-state index in [2.05, 4.69) is 10.1 Å². The van der Waals surface area contributed by atoms with Crippen LogP contribution in [0.2, 0.25) is 0 Å². The molecule has 0 bridgehead atoms. The molecule has 1 aromatic rings. The average Bonchev–Trinajstić information content (AvgIpc) is 3.11. The molecule has 0 radical (unpaired) electrons. The van der Waals surface area contributed by atoms with Gasteiger partial charge in [0, 0.05) is 77.8 Å². The molecule has 0 aliphatic carbocycles. The summed E-state index contributed by atoms with van der Waals surface area (Å²) in [6, 6.07) is -1.09. The van der Waals surface area contributed by atoms with Gasteiger partial charge in [-0.15, -0.1) is 0 Å². The van der Waals surface area contributed by atoms with E-state index < -0.39 is 64.9 Å². The molecule has 56 heavy (non-hydrogen) atoms. The van der Waals surface area contributed by atoms with Gasteiger partial charge in [0.15, 0.2) is 11.6 Å². The summed E-state index contributed by atoms with van der Waals surface area (Å²) in [5, 5.41) is 41.1. The Morgan fingerprint density at radius 2 is 1.02 bits per heavy atom. The Kier molecular flexibility index (Phi) is 21.9. The van der Waals surface area contributed by atoms with Gasteiger partial charge >= 0.3 is 29.8 Å². The molecule has 20 heteroatoms. The van der Waals surface area contributed by atoms with Crippen LogP contribution in [-0.4, -0.2) is 160 Å². The van der Waals surface area contributed by atoms with E-state index in [1.165, 1.54) is 0 Å². The van der Waals surface area contributed by atoms with Gasteiger partial charge in [-0.3, -0.25) is 48.4 Å². The van der Waals surface area contributed by atoms with Crippen molar-refractivity contribution in [3.63, 3.8) is 0 Å². The van der Waals surface area contributed by atoms with Gasteiger partial charge < -0.3 is 30.5 Å². The zero-order valence-electron chi connectivity index (χ0n) is 31.4. The molecule has 1 amide bonds. The lowest BCUT2D eigenvalue weighted by Gasteiger charge is -2.35. The van der Waals surface area contributed by atoms with Gasteiger partial charge in [0.05, 0.1) is 19.6 Å². The Balaban J connectivity index is 1.75. The van der Waals surface area contributed by atoms with Crippen LogP contribution in [0.25, 0.3) is 0 Å². The molecule has 5 N–H and O–H groups in total. The number of halogens is 4. The number of nitrogens with zero attached hydrogens (tertiary/aromatic N) is 4. The van der Waals surface area contributed by atoms with Crippen molar-refractivity contribution in [3.05, 3.63) is 29.3 Å². The number of nitrogens with one attached hydrogen (secondary N) is 1. The number of aliphatic carboxylic acids is 4. The average molecular weight is 808 g/mol. The van der Waals surface area contributed by atoms with E-state index in [4.69, 9.17) is 0 Å². The summed E-state index contributed by atoms with van der Waals surface area (Å²) >= 11 is 0. The Hall–Kier alpha value is -4.40. The summed E-state index contributed by atoms with van der Waals surface area (Å²) in [6.07, 6.45) is 5.51. The Morgan fingerprint density at radius 3 is 1.45 bits per heavy atom. The van der Waals surface area contributed by atoms with E-state index in [9.17, 15) is 66.8 Å². The number of amides is 1. The second kappa shape index (κ2) is 25.7. The number of carbonyl (C=O) groups excluding carboxylic acids is 2. The van der Waals surface area contributed by atoms with Gasteiger partial charge in [0.25, 0.3) is 0 Å². The topological polar surface area (TPSA) is 218 Å². The summed E-state index contributed by atoms with van der Waals surface area (Å²) in [7, 11) is 0. The number of ether oxygens (including phenoxy) is 1. The molecule has 1 saturated heterocycles. The number of esters is 1. The van der Waals surface area contributed by atoms with E-state index in [0.717, 1.165) is 32.1 Å². The minimum absolute atomic E-state index is 0.0227. The highest BCUT2D eigenvalue weighted by atomic mass is 19.2. The van der Waals surface area contributed by atoms with Crippen LogP contribution >= 0.6 is 0 Å². The van der Waals surface area contributed by atoms with E-state index in [1.54, 1.807) is 19.6 Å². The van der Waals surface area contributed by atoms with E-state index in [0.29, 0.717) is 25.8 Å². The molecule has 1 atom stereocenters. The fourth-order valence-corrected chi connectivity index (χ4v) is 6.22. The second-order valence-electron chi connectivity index (χ2n) is 13.6. The number of hydrogen-bond acceptors (Lipinski definition) is 11. The van der Waals surface area contributed by atoms with Crippen LogP contribution in [0.4, 0.5) is 17.6 Å². The highest BCUT2D eigenvalue weighted by Crippen LogP contribution is 2.27. The zero-order chi connectivity index (χ0) is 41.6. The van der Waals surface area contributed by atoms with Crippen molar-refractivity contribution in [2.24, 2.45) is 0 Å². The van der Waals surface area contributed by atoms with Crippen LogP contribution in [0, 0.1) is 23.3 Å². The number of carboxylic acids is 4. The molecule has 0 spiro atoms.